The molecule has 0 saturated carbocycles. The first-order valence-electron chi connectivity index (χ1n) is 12.1. The Bertz CT molecular complexity index is 1470. The molecular formula is C28H30N4O5S. The third-order valence-corrected chi connectivity index (χ3v) is 7.26. The van der Waals surface area contributed by atoms with Gasteiger partial charge in [0.25, 0.3) is 5.91 Å². The molecular weight excluding hydrogens is 504 g/mol. The second-order valence-electron chi connectivity index (χ2n) is 8.68. The highest BCUT2D eigenvalue weighted by molar-refractivity contribution is 7.92. The summed E-state index contributed by atoms with van der Waals surface area (Å²) in [6.07, 6.45) is 1.19. The van der Waals surface area contributed by atoms with Gasteiger partial charge in [-0.3, -0.25) is 9.10 Å². The molecule has 1 amide bonds. The molecule has 3 aromatic carbocycles. The third kappa shape index (κ3) is 5.87. The number of benzene rings is 3. The Morgan fingerprint density at radius 1 is 1.00 bits per heavy atom. The smallest absolute Gasteiger partial charge is 0.337 e. The number of carbonyl (C=O) groups is 2. The fraction of sp³-hybridized carbons (Fsp3) is 0.214. The number of fused-ring (bicyclic) bond motifs is 1. The predicted octanol–water partition coefficient (Wildman–Crippen LogP) is 3.78. The summed E-state index contributed by atoms with van der Waals surface area (Å²) < 4.78 is 30.9. The van der Waals surface area contributed by atoms with Crippen molar-refractivity contribution in [2.45, 2.75) is 6.92 Å². The lowest BCUT2D eigenvalue weighted by molar-refractivity contribution is -0.110. The summed E-state index contributed by atoms with van der Waals surface area (Å²) >= 11 is 0. The van der Waals surface area contributed by atoms with E-state index in [2.05, 4.69) is 16.0 Å². The topological polar surface area (TPSA) is 117 Å². The Morgan fingerprint density at radius 3 is 2.34 bits per heavy atom. The van der Waals surface area contributed by atoms with E-state index in [1.165, 1.54) is 17.7 Å². The average Bonchev–Trinajstić information content (AvgIpc) is 3.24. The summed E-state index contributed by atoms with van der Waals surface area (Å²) in [5, 5.41) is 9.35. The average molecular weight is 535 g/mol. The van der Waals surface area contributed by atoms with Crippen LogP contribution in [0.5, 0.6) is 0 Å². The molecule has 3 N–H and O–H groups in total. The molecule has 1 aliphatic heterocycles. The van der Waals surface area contributed by atoms with Gasteiger partial charge in [-0.15, -0.1) is 0 Å². The predicted molar refractivity (Wildman–Crippen MR) is 150 cm³/mol. The van der Waals surface area contributed by atoms with Gasteiger partial charge in [0.2, 0.25) is 10.0 Å². The van der Waals surface area contributed by atoms with Gasteiger partial charge in [0.05, 0.1) is 41.6 Å². The van der Waals surface area contributed by atoms with E-state index >= 15 is 0 Å². The molecule has 198 valence electrons. The van der Waals surface area contributed by atoms with Crippen molar-refractivity contribution in [1.82, 2.24) is 5.32 Å². The van der Waals surface area contributed by atoms with Crippen LogP contribution in [0.3, 0.4) is 0 Å². The fourth-order valence-corrected chi connectivity index (χ4v) is 5.18. The first-order valence-corrected chi connectivity index (χ1v) is 14.0. The molecule has 0 fully saturated rings. The van der Waals surface area contributed by atoms with Crippen molar-refractivity contribution < 1.29 is 22.7 Å². The third-order valence-electron chi connectivity index (χ3n) is 6.06. The number of esters is 1. The summed E-state index contributed by atoms with van der Waals surface area (Å²) in [6, 6.07) is 21.4. The molecule has 1 aliphatic rings. The van der Waals surface area contributed by atoms with Crippen LogP contribution in [0.2, 0.25) is 0 Å². The van der Waals surface area contributed by atoms with Crippen LogP contribution in [0, 0.1) is 0 Å². The van der Waals surface area contributed by atoms with E-state index in [1.54, 1.807) is 42.5 Å². The van der Waals surface area contributed by atoms with E-state index in [-0.39, 0.29) is 5.91 Å². The van der Waals surface area contributed by atoms with E-state index in [0.29, 0.717) is 52.5 Å². The van der Waals surface area contributed by atoms with Gasteiger partial charge in [0.1, 0.15) is 0 Å². The molecule has 0 aromatic heterocycles. The Balaban J connectivity index is 1.72. The molecule has 38 heavy (non-hydrogen) atoms. The lowest BCUT2D eigenvalue weighted by atomic mass is 9.99. The van der Waals surface area contributed by atoms with Crippen molar-refractivity contribution in [3.8, 4) is 0 Å². The number of likely N-dealkylation sites (N-methyl/N-ethyl adjacent to an activating group) is 1. The van der Waals surface area contributed by atoms with Crippen LogP contribution in [0.1, 0.15) is 28.4 Å². The quantitative estimate of drug-likeness (QED) is 0.206. The zero-order chi connectivity index (χ0) is 27.3. The molecule has 0 spiro atoms. The Kier molecular flexibility index (Phi) is 8.13. The molecule has 3 aromatic rings. The fourth-order valence-electron chi connectivity index (χ4n) is 4.25. The Hall–Kier alpha value is -4.15. The largest absolute Gasteiger partial charge is 0.465 e. The van der Waals surface area contributed by atoms with E-state index in [4.69, 9.17) is 4.74 Å². The number of amides is 1. The van der Waals surface area contributed by atoms with E-state index < -0.39 is 16.0 Å². The number of nitrogens with zero attached hydrogens (tertiary/aromatic N) is 1. The second kappa shape index (κ2) is 11.5. The van der Waals surface area contributed by atoms with Crippen LogP contribution in [0.25, 0.3) is 11.3 Å². The normalized spacial score (nSPS) is 13.9. The molecule has 0 atom stereocenters. The number of methoxy groups -OCH3 is 1. The van der Waals surface area contributed by atoms with Gasteiger partial charge in [-0.2, -0.15) is 0 Å². The summed E-state index contributed by atoms with van der Waals surface area (Å²) in [5.41, 5.74) is 4.51. The van der Waals surface area contributed by atoms with Crippen LogP contribution in [0.4, 0.5) is 17.1 Å². The molecule has 0 unspecified atom stereocenters. The monoisotopic (exact) mass is 534 g/mol. The van der Waals surface area contributed by atoms with Crippen molar-refractivity contribution in [2.75, 3.05) is 47.9 Å². The molecule has 0 radical (unpaired) electrons. The minimum absolute atomic E-state index is 0.309. The van der Waals surface area contributed by atoms with Gasteiger partial charge >= 0.3 is 5.97 Å². The first-order chi connectivity index (χ1) is 18.2. The van der Waals surface area contributed by atoms with Crippen LogP contribution in [-0.4, -0.2) is 53.3 Å². The van der Waals surface area contributed by atoms with Crippen molar-refractivity contribution in [3.63, 3.8) is 0 Å². The molecule has 0 aliphatic carbocycles. The van der Waals surface area contributed by atoms with Gasteiger partial charge < -0.3 is 20.7 Å². The summed E-state index contributed by atoms with van der Waals surface area (Å²) in [6.45, 7) is 3.55. The number of hydrogen-bond acceptors (Lipinski definition) is 7. The van der Waals surface area contributed by atoms with Crippen LogP contribution in [0.15, 0.2) is 72.8 Å². The van der Waals surface area contributed by atoms with Crippen LogP contribution >= 0.6 is 0 Å². The SMILES string of the molecule is CCNCCN(c1ccc(N/C(=C2/C(=O)Nc3cc(C(=O)OC)ccc32)c2ccccc2)cc1)S(C)(=O)=O. The number of rotatable bonds is 10. The molecule has 0 saturated heterocycles. The lowest BCUT2D eigenvalue weighted by Crippen LogP contribution is -2.36. The van der Waals surface area contributed by atoms with Gasteiger partial charge in [0.15, 0.2) is 0 Å². The molecule has 4 rings (SSSR count). The first kappa shape index (κ1) is 26.9. The number of ether oxygens (including phenoxy) is 1. The molecule has 10 heteroatoms. The van der Waals surface area contributed by atoms with Crippen molar-refractivity contribution in [1.29, 1.82) is 0 Å². The Labute approximate surface area is 222 Å². The van der Waals surface area contributed by atoms with Crippen molar-refractivity contribution in [3.05, 3.63) is 89.5 Å². The molecule has 9 nitrogen and oxygen atoms in total. The van der Waals surface area contributed by atoms with Gasteiger partial charge in [-0.25, -0.2) is 13.2 Å². The highest BCUT2D eigenvalue weighted by Crippen LogP contribution is 2.38. The lowest BCUT2D eigenvalue weighted by Gasteiger charge is -2.23. The van der Waals surface area contributed by atoms with Crippen LogP contribution in [-0.2, 0) is 19.6 Å². The van der Waals surface area contributed by atoms with E-state index in [0.717, 1.165) is 12.1 Å². The molecule has 1 heterocycles. The van der Waals surface area contributed by atoms with Gasteiger partial charge in [-0.05, 0) is 48.5 Å². The highest BCUT2D eigenvalue weighted by Gasteiger charge is 2.29. The number of anilines is 3. The Morgan fingerprint density at radius 2 is 1.71 bits per heavy atom. The summed E-state index contributed by atoms with van der Waals surface area (Å²) in [5.74, 6) is -0.800. The second-order valence-corrected chi connectivity index (χ2v) is 10.6. The standard InChI is InChI=1S/C28H30N4O5S/c1-4-29-16-17-32(38(3,35)36)22-13-11-21(12-14-22)30-26(19-8-6-5-7-9-19)25-23-15-10-20(28(34)37-2)18-24(23)31-27(25)33/h5-15,18,29-30H,4,16-17H2,1-3H3,(H,31,33)/b26-25+. The van der Waals surface area contributed by atoms with Gasteiger partial charge in [-0.1, -0.05) is 43.3 Å². The summed E-state index contributed by atoms with van der Waals surface area (Å²) in [7, 11) is -2.16. The zero-order valence-electron chi connectivity index (χ0n) is 21.4. The maximum absolute atomic E-state index is 13.2. The number of sulfonamides is 1. The number of nitrogens with one attached hydrogen (secondary N) is 3. The van der Waals surface area contributed by atoms with E-state index in [1.807, 2.05) is 37.3 Å². The van der Waals surface area contributed by atoms with Gasteiger partial charge in [0, 0.05) is 24.3 Å². The van der Waals surface area contributed by atoms with Crippen molar-refractivity contribution >= 4 is 50.2 Å². The summed E-state index contributed by atoms with van der Waals surface area (Å²) in [4.78, 5) is 25.1. The molecule has 0 bridgehead atoms. The number of hydrogen-bond donors (Lipinski definition) is 3. The minimum atomic E-state index is -3.47. The number of carbonyl (C=O) groups excluding carboxylic acids is 2. The van der Waals surface area contributed by atoms with Crippen LogP contribution < -0.4 is 20.3 Å². The maximum Gasteiger partial charge on any atom is 0.337 e. The maximum atomic E-state index is 13.2. The minimum Gasteiger partial charge on any atom is -0.465 e. The van der Waals surface area contributed by atoms with Crippen molar-refractivity contribution in [2.24, 2.45) is 0 Å². The zero-order valence-corrected chi connectivity index (χ0v) is 22.3. The van der Waals surface area contributed by atoms with E-state index in [9.17, 15) is 18.0 Å². The highest BCUT2D eigenvalue weighted by atomic mass is 32.2.